The molecule has 0 atom stereocenters. The van der Waals surface area contributed by atoms with Crippen LogP contribution in [0.3, 0.4) is 0 Å². The molecule has 2 aliphatic heterocycles. The molecule has 1 saturated heterocycles. The number of thioether (sulfide) groups is 1. The highest BCUT2D eigenvalue weighted by Crippen LogP contribution is 2.37. The van der Waals surface area contributed by atoms with Crippen LogP contribution >= 0.6 is 11.8 Å². The van der Waals surface area contributed by atoms with Gasteiger partial charge in [0.25, 0.3) is 0 Å². The number of nitrogens with one attached hydrogen (secondary N) is 1. The van der Waals surface area contributed by atoms with Gasteiger partial charge in [-0.05, 0) is 23.8 Å². The predicted molar refractivity (Wildman–Crippen MR) is 119 cm³/mol. The molecule has 0 amide bonds. The lowest BCUT2D eigenvalue weighted by molar-refractivity contribution is 0.637. The molecular weight excluding hydrogens is 380 g/mol. The number of aromatic nitrogens is 3. The van der Waals surface area contributed by atoms with Crippen LogP contribution in [0.5, 0.6) is 0 Å². The van der Waals surface area contributed by atoms with Gasteiger partial charge < -0.3 is 15.1 Å². The molecular formula is C22H24N6S. The summed E-state index contributed by atoms with van der Waals surface area (Å²) in [5.74, 6) is 2.89. The quantitative estimate of drug-likeness (QED) is 0.699. The Morgan fingerprint density at radius 3 is 2.55 bits per heavy atom. The minimum absolute atomic E-state index is 0.721. The van der Waals surface area contributed by atoms with Crippen molar-refractivity contribution in [2.45, 2.75) is 17.9 Å². The van der Waals surface area contributed by atoms with Gasteiger partial charge >= 0.3 is 0 Å². The molecule has 0 saturated carbocycles. The van der Waals surface area contributed by atoms with Crippen molar-refractivity contribution in [1.82, 2.24) is 15.0 Å². The number of fused-ring (bicyclic) bond motifs is 1. The minimum Gasteiger partial charge on any atom is -0.368 e. The molecule has 1 aromatic carbocycles. The Bertz CT molecular complexity index is 958. The number of aryl methyl sites for hydroxylation is 1. The van der Waals surface area contributed by atoms with Crippen molar-refractivity contribution < 1.29 is 0 Å². The van der Waals surface area contributed by atoms with Crippen LogP contribution in [-0.2, 0) is 13.0 Å². The lowest BCUT2D eigenvalue weighted by Gasteiger charge is -2.36. The highest BCUT2D eigenvalue weighted by Gasteiger charge is 2.24. The van der Waals surface area contributed by atoms with E-state index in [4.69, 9.17) is 9.97 Å². The molecule has 1 fully saturated rings. The van der Waals surface area contributed by atoms with Gasteiger partial charge in [0.1, 0.15) is 5.82 Å². The number of rotatable bonds is 5. The van der Waals surface area contributed by atoms with Crippen LogP contribution in [0.1, 0.15) is 11.3 Å². The summed E-state index contributed by atoms with van der Waals surface area (Å²) in [6.45, 7) is 4.56. The molecule has 0 aliphatic carbocycles. The molecule has 3 aromatic rings. The largest absolute Gasteiger partial charge is 0.368 e. The third kappa shape index (κ3) is 4.00. The number of hydrogen-bond donors (Lipinski definition) is 1. The third-order valence-corrected chi connectivity index (χ3v) is 6.50. The standard InChI is InChI=1S/C22H24N6S/c1-2-6-18(7-3-1)27-10-12-28(13-11-27)22-25-19-8-14-29-20(19)21(26-22)24-16-17-5-4-9-23-15-17/h1-7,9,15H,8,10-14,16H2,(H,24,25,26). The second-order valence-electron chi connectivity index (χ2n) is 7.27. The molecule has 2 aromatic heterocycles. The van der Waals surface area contributed by atoms with Crippen LogP contribution in [0, 0.1) is 0 Å². The summed E-state index contributed by atoms with van der Waals surface area (Å²) >= 11 is 1.85. The number of para-hydroxylation sites is 1. The van der Waals surface area contributed by atoms with Crippen molar-refractivity contribution in [1.29, 1.82) is 0 Å². The zero-order valence-corrected chi connectivity index (χ0v) is 17.1. The third-order valence-electron chi connectivity index (χ3n) is 5.38. The van der Waals surface area contributed by atoms with Gasteiger partial charge in [0.05, 0.1) is 10.6 Å². The highest BCUT2D eigenvalue weighted by molar-refractivity contribution is 7.99. The predicted octanol–water partition coefficient (Wildman–Crippen LogP) is 3.46. The maximum atomic E-state index is 4.92. The van der Waals surface area contributed by atoms with E-state index in [1.165, 1.54) is 16.3 Å². The van der Waals surface area contributed by atoms with Crippen molar-refractivity contribution in [2.24, 2.45) is 0 Å². The Morgan fingerprint density at radius 2 is 1.76 bits per heavy atom. The number of anilines is 3. The first-order chi connectivity index (χ1) is 14.4. The Kier molecular flexibility index (Phi) is 5.21. The monoisotopic (exact) mass is 404 g/mol. The maximum absolute atomic E-state index is 4.92. The number of pyridine rings is 1. The number of nitrogens with zero attached hydrogens (tertiary/aromatic N) is 5. The average Bonchev–Trinajstić information content (AvgIpc) is 3.28. The van der Waals surface area contributed by atoms with Gasteiger partial charge in [0.2, 0.25) is 5.95 Å². The summed E-state index contributed by atoms with van der Waals surface area (Å²) in [6.07, 6.45) is 4.71. The summed E-state index contributed by atoms with van der Waals surface area (Å²) in [4.78, 5) is 20.0. The number of piperazine rings is 1. The zero-order chi connectivity index (χ0) is 19.5. The Labute approximate surface area is 175 Å². The molecule has 1 N–H and O–H groups in total. The Morgan fingerprint density at radius 1 is 0.931 bits per heavy atom. The second kappa shape index (κ2) is 8.29. The van der Waals surface area contributed by atoms with E-state index in [0.717, 1.165) is 62.2 Å². The van der Waals surface area contributed by atoms with Gasteiger partial charge in [0, 0.05) is 63.0 Å². The van der Waals surface area contributed by atoms with Crippen molar-refractivity contribution in [3.05, 3.63) is 66.1 Å². The first kappa shape index (κ1) is 18.2. The van der Waals surface area contributed by atoms with Crippen molar-refractivity contribution in [3.63, 3.8) is 0 Å². The van der Waals surface area contributed by atoms with E-state index >= 15 is 0 Å². The molecule has 148 valence electrons. The van der Waals surface area contributed by atoms with Crippen molar-refractivity contribution in [3.8, 4) is 0 Å². The summed E-state index contributed by atoms with van der Waals surface area (Å²) in [5.41, 5.74) is 3.62. The van der Waals surface area contributed by atoms with E-state index in [-0.39, 0.29) is 0 Å². The minimum atomic E-state index is 0.721. The molecule has 4 heterocycles. The van der Waals surface area contributed by atoms with Crippen LogP contribution in [0.15, 0.2) is 59.8 Å². The van der Waals surface area contributed by atoms with Gasteiger partial charge in [-0.25, -0.2) is 4.98 Å². The maximum Gasteiger partial charge on any atom is 0.227 e. The van der Waals surface area contributed by atoms with Crippen LogP contribution in [0.25, 0.3) is 0 Å². The van der Waals surface area contributed by atoms with Crippen molar-refractivity contribution in [2.75, 3.05) is 47.0 Å². The number of hydrogen-bond acceptors (Lipinski definition) is 7. The van der Waals surface area contributed by atoms with Gasteiger partial charge in [-0.1, -0.05) is 24.3 Å². The van der Waals surface area contributed by atoms with E-state index < -0.39 is 0 Å². The first-order valence-corrected chi connectivity index (χ1v) is 11.1. The van der Waals surface area contributed by atoms with E-state index in [1.54, 1.807) is 6.20 Å². The molecule has 7 heteroatoms. The van der Waals surface area contributed by atoms with Gasteiger partial charge in [-0.3, -0.25) is 4.98 Å². The molecule has 0 radical (unpaired) electrons. The normalized spacial score (nSPS) is 16.0. The number of benzene rings is 1. The van der Waals surface area contributed by atoms with E-state index in [1.807, 2.05) is 24.0 Å². The zero-order valence-electron chi connectivity index (χ0n) is 16.3. The van der Waals surface area contributed by atoms with Gasteiger partial charge in [0.15, 0.2) is 0 Å². The molecule has 6 nitrogen and oxygen atoms in total. The summed E-state index contributed by atoms with van der Waals surface area (Å²) in [6, 6.07) is 14.7. The van der Waals surface area contributed by atoms with E-state index in [0.29, 0.717) is 0 Å². The Hall–Kier alpha value is -2.80. The molecule has 2 aliphatic rings. The first-order valence-electron chi connectivity index (χ1n) is 10.1. The fourth-order valence-electron chi connectivity index (χ4n) is 3.81. The van der Waals surface area contributed by atoms with Crippen LogP contribution < -0.4 is 15.1 Å². The van der Waals surface area contributed by atoms with Gasteiger partial charge in [-0.15, -0.1) is 11.8 Å². The Balaban J connectivity index is 1.32. The van der Waals surface area contributed by atoms with Crippen LogP contribution in [0.2, 0.25) is 0 Å². The van der Waals surface area contributed by atoms with E-state index in [2.05, 4.69) is 56.5 Å². The smallest absolute Gasteiger partial charge is 0.227 e. The summed E-state index contributed by atoms with van der Waals surface area (Å²) in [7, 11) is 0. The molecule has 0 bridgehead atoms. The fourth-order valence-corrected chi connectivity index (χ4v) is 4.88. The van der Waals surface area contributed by atoms with E-state index in [9.17, 15) is 0 Å². The lowest BCUT2D eigenvalue weighted by Crippen LogP contribution is -2.47. The topological polar surface area (TPSA) is 57.2 Å². The highest BCUT2D eigenvalue weighted by atomic mass is 32.2. The van der Waals surface area contributed by atoms with Crippen LogP contribution in [0.4, 0.5) is 17.5 Å². The SMILES string of the molecule is c1ccc(N2CCN(c3nc4c(c(NCc5cccnc5)n3)SCC4)CC2)cc1. The van der Waals surface area contributed by atoms with Crippen LogP contribution in [-0.4, -0.2) is 46.9 Å². The summed E-state index contributed by atoms with van der Waals surface area (Å²) in [5, 5.41) is 3.53. The summed E-state index contributed by atoms with van der Waals surface area (Å²) < 4.78 is 0. The molecule has 29 heavy (non-hydrogen) atoms. The molecule has 5 rings (SSSR count). The molecule has 0 spiro atoms. The second-order valence-corrected chi connectivity index (χ2v) is 8.38. The lowest BCUT2D eigenvalue weighted by atomic mass is 10.2. The van der Waals surface area contributed by atoms with Gasteiger partial charge in [-0.2, -0.15) is 4.98 Å². The fraction of sp³-hybridized carbons (Fsp3) is 0.318. The molecule has 0 unspecified atom stereocenters. The van der Waals surface area contributed by atoms with Crippen molar-refractivity contribution >= 4 is 29.2 Å². The average molecular weight is 405 g/mol.